The third kappa shape index (κ3) is 2.05. The topological polar surface area (TPSA) is 0 Å². The molecular formula is C11H8BrI. The van der Waals surface area contributed by atoms with E-state index in [-0.39, 0.29) is 0 Å². The molecule has 0 amide bonds. The van der Waals surface area contributed by atoms with Crippen LogP contribution in [0.15, 0.2) is 36.4 Å². The lowest BCUT2D eigenvalue weighted by atomic mass is 10.1. The Balaban J connectivity index is 2.68. The van der Waals surface area contributed by atoms with E-state index in [1.807, 2.05) is 0 Å². The molecule has 2 rings (SSSR count). The largest absolute Gasteiger partial charge is 0.0876 e. The van der Waals surface area contributed by atoms with Crippen LogP contribution < -0.4 is 0 Å². The second-order valence-corrected chi connectivity index (χ2v) is 4.77. The van der Waals surface area contributed by atoms with Crippen molar-refractivity contribution in [3.63, 3.8) is 0 Å². The fraction of sp³-hybridized carbons (Fsp3) is 0.0909. The predicted octanol–water partition coefficient (Wildman–Crippen LogP) is 4.34. The Labute approximate surface area is 99.6 Å². The summed E-state index contributed by atoms with van der Waals surface area (Å²) >= 11 is 5.80. The summed E-state index contributed by atoms with van der Waals surface area (Å²) in [7, 11) is 0. The van der Waals surface area contributed by atoms with E-state index in [2.05, 4.69) is 74.9 Å². The molecule has 66 valence electrons. The van der Waals surface area contributed by atoms with Crippen LogP contribution in [0, 0.1) is 3.57 Å². The molecule has 0 unspecified atom stereocenters. The molecule has 0 radical (unpaired) electrons. The highest BCUT2D eigenvalue weighted by atomic mass is 127. The fourth-order valence-electron chi connectivity index (χ4n) is 1.35. The minimum Gasteiger partial charge on any atom is -0.0876 e. The Morgan fingerprint density at radius 2 is 1.77 bits per heavy atom. The lowest BCUT2D eigenvalue weighted by Gasteiger charge is -2.00. The van der Waals surface area contributed by atoms with Crippen LogP contribution in [0.25, 0.3) is 10.8 Å². The van der Waals surface area contributed by atoms with E-state index in [1.165, 1.54) is 19.9 Å². The van der Waals surface area contributed by atoms with Gasteiger partial charge in [0.1, 0.15) is 0 Å². The van der Waals surface area contributed by atoms with Crippen molar-refractivity contribution < 1.29 is 0 Å². The first-order chi connectivity index (χ1) is 6.29. The van der Waals surface area contributed by atoms with Crippen molar-refractivity contribution in [2.75, 3.05) is 0 Å². The van der Waals surface area contributed by atoms with Crippen LogP contribution in [-0.4, -0.2) is 0 Å². The van der Waals surface area contributed by atoms with Gasteiger partial charge in [-0.15, -0.1) is 0 Å². The van der Waals surface area contributed by atoms with Gasteiger partial charge in [-0.1, -0.05) is 40.2 Å². The zero-order chi connectivity index (χ0) is 9.26. The number of halogens is 2. The van der Waals surface area contributed by atoms with Crippen LogP contribution in [-0.2, 0) is 5.33 Å². The minimum atomic E-state index is 0.925. The lowest BCUT2D eigenvalue weighted by Crippen LogP contribution is -1.79. The number of hydrogen-bond acceptors (Lipinski definition) is 0. The van der Waals surface area contributed by atoms with Gasteiger partial charge in [0, 0.05) is 8.90 Å². The molecule has 0 saturated carbocycles. The van der Waals surface area contributed by atoms with E-state index in [9.17, 15) is 0 Å². The molecule has 13 heavy (non-hydrogen) atoms. The average molecular weight is 347 g/mol. The standard InChI is InChI=1S/C11H8BrI/c12-7-8-1-2-9-3-4-11(13)6-10(9)5-8/h1-6H,7H2. The number of alkyl halides is 1. The normalized spacial score (nSPS) is 10.6. The van der Waals surface area contributed by atoms with E-state index >= 15 is 0 Å². The first-order valence-corrected chi connectivity index (χ1v) is 6.24. The van der Waals surface area contributed by atoms with Crippen LogP contribution in [0.3, 0.4) is 0 Å². The predicted molar refractivity (Wildman–Crippen MR) is 69.3 cm³/mol. The zero-order valence-corrected chi connectivity index (χ0v) is 10.7. The zero-order valence-electron chi connectivity index (χ0n) is 6.93. The molecule has 0 saturated heterocycles. The van der Waals surface area contributed by atoms with E-state index in [0.29, 0.717) is 0 Å². The van der Waals surface area contributed by atoms with Crippen LogP contribution in [0.2, 0.25) is 0 Å². The minimum absolute atomic E-state index is 0.925. The van der Waals surface area contributed by atoms with Crippen LogP contribution >= 0.6 is 38.5 Å². The molecule has 2 heteroatoms. The van der Waals surface area contributed by atoms with Gasteiger partial charge in [0.15, 0.2) is 0 Å². The summed E-state index contributed by atoms with van der Waals surface area (Å²) in [5.41, 5.74) is 1.33. The van der Waals surface area contributed by atoms with Crippen molar-refractivity contribution in [1.29, 1.82) is 0 Å². The summed E-state index contributed by atoms with van der Waals surface area (Å²) in [5.74, 6) is 0. The maximum atomic E-state index is 3.46. The highest BCUT2D eigenvalue weighted by Crippen LogP contribution is 2.19. The Hall–Kier alpha value is -0.0900. The maximum absolute atomic E-state index is 3.46. The summed E-state index contributed by atoms with van der Waals surface area (Å²) in [5, 5.41) is 3.56. The number of hydrogen-bond donors (Lipinski definition) is 0. The van der Waals surface area contributed by atoms with Crippen LogP contribution in [0.5, 0.6) is 0 Å². The first kappa shape index (κ1) is 9.46. The van der Waals surface area contributed by atoms with Gasteiger partial charge >= 0.3 is 0 Å². The van der Waals surface area contributed by atoms with E-state index in [4.69, 9.17) is 0 Å². The summed E-state index contributed by atoms with van der Waals surface area (Å²) in [6.07, 6.45) is 0. The molecule has 0 N–H and O–H groups in total. The number of rotatable bonds is 1. The SMILES string of the molecule is BrCc1ccc2ccc(I)cc2c1. The molecular weight excluding hydrogens is 339 g/mol. The molecule has 0 heterocycles. The summed E-state index contributed by atoms with van der Waals surface area (Å²) < 4.78 is 1.29. The van der Waals surface area contributed by atoms with Gasteiger partial charge < -0.3 is 0 Å². The molecule has 0 nitrogen and oxygen atoms in total. The van der Waals surface area contributed by atoms with E-state index in [1.54, 1.807) is 0 Å². The second-order valence-electron chi connectivity index (χ2n) is 2.96. The molecule has 0 aliphatic rings. The van der Waals surface area contributed by atoms with Crippen molar-refractivity contribution in [3.05, 3.63) is 45.5 Å². The highest BCUT2D eigenvalue weighted by Gasteiger charge is 1.95. The third-order valence-electron chi connectivity index (χ3n) is 2.02. The molecule has 0 fully saturated rings. The molecule has 2 aromatic rings. The van der Waals surface area contributed by atoms with Crippen molar-refractivity contribution in [3.8, 4) is 0 Å². The molecule has 0 aromatic heterocycles. The van der Waals surface area contributed by atoms with Crippen molar-refractivity contribution in [2.24, 2.45) is 0 Å². The van der Waals surface area contributed by atoms with Crippen LogP contribution in [0.1, 0.15) is 5.56 Å². The van der Waals surface area contributed by atoms with Crippen molar-refractivity contribution >= 4 is 49.3 Å². The van der Waals surface area contributed by atoms with E-state index in [0.717, 1.165) is 5.33 Å². The van der Waals surface area contributed by atoms with Crippen molar-refractivity contribution in [2.45, 2.75) is 5.33 Å². The second kappa shape index (κ2) is 3.96. The number of fused-ring (bicyclic) bond motifs is 1. The Morgan fingerprint density at radius 1 is 1.00 bits per heavy atom. The lowest BCUT2D eigenvalue weighted by molar-refractivity contribution is 1.46. The van der Waals surface area contributed by atoms with Crippen LogP contribution in [0.4, 0.5) is 0 Å². The van der Waals surface area contributed by atoms with Gasteiger partial charge in [0.05, 0.1) is 0 Å². The average Bonchev–Trinajstić information content (AvgIpc) is 2.16. The molecule has 0 bridgehead atoms. The third-order valence-corrected chi connectivity index (χ3v) is 3.34. The Kier molecular flexibility index (Phi) is 2.89. The molecule has 0 aliphatic heterocycles. The molecule has 0 atom stereocenters. The molecule has 0 spiro atoms. The van der Waals surface area contributed by atoms with E-state index < -0.39 is 0 Å². The van der Waals surface area contributed by atoms with Gasteiger partial charge in [0.25, 0.3) is 0 Å². The first-order valence-electron chi connectivity index (χ1n) is 4.04. The highest BCUT2D eigenvalue weighted by molar-refractivity contribution is 14.1. The summed E-state index contributed by atoms with van der Waals surface area (Å²) in [4.78, 5) is 0. The molecule has 2 aromatic carbocycles. The fourth-order valence-corrected chi connectivity index (χ4v) is 2.21. The summed E-state index contributed by atoms with van der Waals surface area (Å²) in [6.45, 7) is 0. The smallest absolute Gasteiger partial charge is 0.0283 e. The Morgan fingerprint density at radius 3 is 2.54 bits per heavy atom. The van der Waals surface area contributed by atoms with Gasteiger partial charge in [-0.3, -0.25) is 0 Å². The molecule has 0 aliphatic carbocycles. The monoisotopic (exact) mass is 346 g/mol. The summed E-state index contributed by atoms with van der Waals surface area (Å²) in [6, 6.07) is 13.1. The van der Waals surface area contributed by atoms with Gasteiger partial charge in [-0.2, -0.15) is 0 Å². The van der Waals surface area contributed by atoms with Gasteiger partial charge in [-0.05, 0) is 51.1 Å². The van der Waals surface area contributed by atoms with Gasteiger partial charge in [0.2, 0.25) is 0 Å². The Bertz CT molecular complexity index is 437. The number of benzene rings is 2. The quantitative estimate of drug-likeness (QED) is 0.532. The van der Waals surface area contributed by atoms with Crippen molar-refractivity contribution in [1.82, 2.24) is 0 Å². The van der Waals surface area contributed by atoms with Gasteiger partial charge in [-0.25, -0.2) is 0 Å². The maximum Gasteiger partial charge on any atom is 0.0283 e.